The molecule has 0 bridgehead atoms. The molecule has 46 heavy (non-hydrogen) atoms. The maximum Gasteiger partial charge on any atom is 0.341 e. The van der Waals surface area contributed by atoms with Crippen LogP contribution in [0.4, 0.5) is 0 Å². The van der Waals surface area contributed by atoms with Gasteiger partial charge in [-0.1, -0.05) is 54.1 Å². The molecule has 0 saturated carbocycles. The van der Waals surface area contributed by atoms with Crippen molar-refractivity contribution in [3.8, 4) is 5.75 Å². The second-order valence-electron chi connectivity index (χ2n) is 10.4. The molecule has 1 fully saturated rings. The van der Waals surface area contributed by atoms with E-state index in [1.165, 1.54) is 25.3 Å². The van der Waals surface area contributed by atoms with Gasteiger partial charge in [-0.05, 0) is 67.1 Å². The molecule has 1 saturated heterocycles. The van der Waals surface area contributed by atoms with Gasteiger partial charge in [-0.15, -0.1) is 0 Å². The number of rotatable bonds is 15. The van der Waals surface area contributed by atoms with Crippen LogP contribution in [0.2, 0.25) is 5.02 Å². The van der Waals surface area contributed by atoms with Crippen molar-refractivity contribution in [3.63, 3.8) is 0 Å². The second-order valence-corrected chi connectivity index (χ2v) is 13.8. The normalized spacial score (nSPS) is 16.5. The van der Waals surface area contributed by atoms with Crippen molar-refractivity contribution in [1.29, 1.82) is 0 Å². The molecule has 0 aliphatic carbocycles. The molecular weight excluding hydrogens is 658 g/mol. The summed E-state index contributed by atoms with van der Waals surface area (Å²) in [6, 6.07) is 17.9. The molecule has 3 aromatic carbocycles. The number of para-hydroxylation sites is 1. The molecule has 1 aliphatic rings. The topological polar surface area (TPSA) is 174 Å². The average molecular weight is 691 g/mol. The highest BCUT2D eigenvalue weighted by Crippen LogP contribution is 2.48. The van der Waals surface area contributed by atoms with Crippen molar-refractivity contribution in [3.05, 3.63) is 105 Å². The standard InChI is InChI=1S/C31H33ClN3O9S2/c1-43-31(38)24-12-6-7-13-27(24)44-17-9-3-8-16-33-30(37)26(34-46(41,42)22-10-4-2-5-11-22)19-21-14-15-23(25(32)18-21)28-20-29(36)35(39,40)45-28/h2,4-7,10-15,18,26,28,34H,3,8-9,16-17,19-20H2,1H3,(H,33,37)/q-1. The maximum absolute atomic E-state index is 13.3. The number of carbonyl (C=O) groups excluding carboxylic acids is 3. The number of nitrogens with zero attached hydrogens (tertiary/aromatic N) is 1. The summed E-state index contributed by atoms with van der Waals surface area (Å²) in [5.74, 6) is -1.62. The van der Waals surface area contributed by atoms with Gasteiger partial charge in [-0.3, -0.25) is 9.01 Å². The number of sulfonamides is 1. The van der Waals surface area contributed by atoms with E-state index >= 15 is 0 Å². The SMILES string of the molecule is COC(=O)c1ccccc1OCCCCCNC(=O)C(Cc1ccc(C2CC(=O)[N+]([O-])([O-])S2)c(Cl)c1)NS(=O)(=O)c1ccccc1. The fourth-order valence-electron chi connectivity index (χ4n) is 4.73. The fraction of sp³-hybridized carbons (Fsp3) is 0.323. The van der Waals surface area contributed by atoms with Crippen molar-refractivity contribution in [1.82, 2.24) is 10.0 Å². The Kier molecular flexibility index (Phi) is 12.2. The second kappa shape index (κ2) is 15.9. The largest absolute Gasteiger partial charge is 0.612 e. The number of quaternary nitrogens is 1. The summed E-state index contributed by atoms with van der Waals surface area (Å²) in [5.41, 5.74) is 1.28. The van der Waals surface area contributed by atoms with E-state index in [1.807, 2.05) is 0 Å². The number of benzene rings is 3. The van der Waals surface area contributed by atoms with Crippen LogP contribution in [0.1, 0.15) is 52.4 Å². The molecule has 4 rings (SSSR count). The lowest BCUT2D eigenvalue weighted by atomic mass is 10.0. The number of carbonyl (C=O) groups is 3. The Hall–Kier alpha value is -3.50. The van der Waals surface area contributed by atoms with Crippen molar-refractivity contribution in [2.45, 2.75) is 48.3 Å². The Morgan fingerprint density at radius 2 is 1.76 bits per heavy atom. The van der Waals surface area contributed by atoms with Crippen LogP contribution in [0, 0.1) is 10.4 Å². The van der Waals surface area contributed by atoms with Gasteiger partial charge in [-0.2, -0.15) is 4.72 Å². The van der Waals surface area contributed by atoms with E-state index in [-0.39, 0.29) is 29.3 Å². The minimum absolute atomic E-state index is 0.00490. The zero-order chi connectivity index (χ0) is 33.3. The molecule has 2 amide bonds. The summed E-state index contributed by atoms with van der Waals surface area (Å²) in [5, 5.41) is 25.8. The van der Waals surface area contributed by atoms with Gasteiger partial charge in [0.25, 0.3) is 0 Å². The number of unbranched alkanes of at least 4 members (excludes halogenated alkanes) is 2. The van der Waals surface area contributed by atoms with Gasteiger partial charge in [0.1, 0.15) is 17.4 Å². The van der Waals surface area contributed by atoms with Crippen molar-refractivity contribution >= 4 is 51.4 Å². The molecule has 3 aromatic rings. The molecule has 0 radical (unpaired) electrons. The number of ether oxygens (including phenoxy) is 2. The molecule has 12 nitrogen and oxygen atoms in total. The Morgan fingerprint density at radius 1 is 1.04 bits per heavy atom. The highest BCUT2D eigenvalue weighted by atomic mass is 35.5. The number of hydrogen-bond donors (Lipinski definition) is 2. The first-order valence-corrected chi connectivity index (χ1v) is 17.1. The van der Waals surface area contributed by atoms with E-state index in [0.29, 0.717) is 60.3 Å². The third-order valence-corrected chi connectivity index (χ3v) is 10.1. The van der Waals surface area contributed by atoms with Gasteiger partial charge >= 0.3 is 11.9 Å². The smallest absolute Gasteiger partial charge is 0.341 e. The van der Waals surface area contributed by atoms with Gasteiger partial charge in [0.05, 0.1) is 42.2 Å². The lowest BCUT2D eigenvalue weighted by Gasteiger charge is -2.36. The molecule has 0 aromatic heterocycles. The molecule has 0 spiro atoms. The van der Waals surface area contributed by atoms with Crippen molar-refractivity contribution in [2.75, 3.05) is 20.3 Å². The number of esters is 1. The minimum Gasteiger partial charge on any atom is -0.612 e. The number of halogens is 1. The monoisotopic (exact) mass is 690 g/mol. The summed E-state index contributed by atoms with van der Waals surface area (Å²) in [7, 11) is -2.76. The van der Waals surface area contributed by atoms with E-state index in [4.69, 9.17) is 21.1 Å². The number of amides is 2. The fourth-order valence-corrected chi connectivity index (χ4v) is 7.41. The maximum atomic E-state index is 13.3. The van der Waals surface area contributed by atoms with Crippen LogP contribution in [-0.4, -0.2) is 56.7 Å². The summed E-state index contributed by atoms with van der Waals surface area (Å²) < 4.78 is 36.9. The highest BCUT2D eigenvalue weighted by Gasteiger charge is 2.39. The lowest BCUT2D eigenvalue weighted by molar-refractivity contribution is -0.593. The van der Waals surface area contributed by atoms with Crippen LogP contribution in [0.15, 0.2) is 77.7 Å². The first-order chi connectivity index (χ1) is 21.9. The Balaban J connectivity index is 1.36. The van der Waals surface area contributed by atoms with E-state index < -0.39 is 43.3 Å². The van der Waals surface area contributed by atoms with Crippen LogP contribution >= 0.6 is 23.5 Å². The van der Waals surface area contributed by atoms with Crippen LogP contribution in [0.3, 0.4) is 0 Å². The molecule has 1 aliphatic heterocycles. The third-order valence-electron chi connectivity index (χ3n) is 7.12. The summed E-state index contributed by atoms with van der Waals surface area (Å²) in [6.45, 7) is 0.619. The summed E-state index contributed by atoms with van der Waals surface area (Å²) in [6.07, 6.45) is 1.61. The molecule has 2 atom stereocenters. The average Bonchev–Trinajstić information content (AvgIpc) is 3.31. The third kappa shape index (κ3) is 9.28. The number of methoxy groups -OCH3 is 1. The number of hydrogen-bond acceptors (Lipinski definition) is 10. The van der Waals surface area contributed by atoms with E-state index in [9.17, 15) is 33.2 Å². The first-order valence-electron chi connectivity index (χ1n) is 14.4. The predicted molar refractivity (Wildman–Crippen MR) is 173 cm³/mol. The van der Waals surface area contributed by atoms with Crippen LogP contribution in [-0.2, 0) is 30.8 Å². The lowest BCUT2D eigenvalue weighted by Crippen LogP contribution is -2.48. The van der Waals surface area contributed by atoms with Gasteiger partial charge in [-0.25, -0.2) is 18.0 Å². The first kappa shape index (κ1) is 35.4. The highest BCUT2D eigenvalue weighted by molar-refractivity contribution is 7.94. The Labute approximate surface area is 276 Å². The van der Waals surface area contributed by atoms with E-state index in [2.05, 4.69) is 10.0 Å². The summed E-state index contributed by atoms with van der Waals surface area (Å²) >= 11 is 6.85. The molecule has 2 N–H and O–H groups in total. The summed E-state index contributed by atoms with van der Waals surface area (Å²) in [4.78, 5) is 36.9. The predicted octanol–water partition coefficient (Wildman–Crippen LogP) is 4.81. The Morgan fingerprint density at radius 3 is 2.43 bits per heavy atom. The van der Waals surface area contributed by atoms with Crippen LogP contribution in [0.25, 0.3) is 0 Å². The van der Waals surface area contributed by atoms with Crippen LogP contribution in [0.5, 0.6) is 5.75 Å². The van der Waals surface area contributed by atoms with Crippen LogP contribution < -0.4 is 14.8 Å². The minimum atomic E-state index is -4.06. The van der Waals surface area contributed by atoms with Gasteiger partial charge < -0.3 is 25.2 Å². The molecular formula is C31H33ClN3O9S2-. The van der Waals surface area contributed by atoms with Gasteiger partial charge in [0.15, 0.2) is 0 Å². The van der Waals surface area contributed by atoms with Gasteiger partial charge in [0.2, 0.25) is 15.9 Å². The number of hydroxylamine groups is 2. The molecule has 15 heteroatoms. The Bertz CT molecular complexity index is 1660. The molecule has 2 unspecified atom stereocenters. The molecule has 246 valence electrons. The zero-order valence-corrected chi connectivity index (χ0v) is 27.2. The van der Waals surface area contributed by atoms with E-state index in [0.717, 1.165) is 0 Å². The molecule has 1 heterocycles. The van der Waals surface area contributed by atoms with E-state index in [1.54, 1.807) is 54.6 Å². The van der Waals surface area contributed by atoms with Crippen molar-refractivity contribution < 1.29 is 36.5 Å². The number of nitrogens with one attached hydrogen (secondary N) is 2. The quantitative estimate of drug-likeness (QED) is 0.0740. The zero-order valence-electron chi connectivity index (χ0n) is 24.8. The van der Waals surface area contributed by atoms with Gasteiger partial charge in [0, 0.05) is 11.6 Å². The van der Waals surface area contributed by atoms with Crippen molar-refractivity contribution in [2.24, 2.45) is 0 Å².